The van der Waals surface area contributed by atoms with Gasteiger partial charge in [-0.2, -0.15) is 9.78 Å². The number of carbonyl (C=O) groups is 1. The summed E-state index contributed by atoms with van der Waals surface area (Å²) in [5, 5.41) is 8.71. The molecule has 1 amide bonds. The molecule has 0 saturated carbocycles. The van der Waals surface area contributed by atoms with Crippen molar-refractivity contribution in [3.05, 3.63) is 111 Å². The summed E-state index contributed by atoms with van der Waals surface area (Å²) in [4.78, 5) is 27.1. The Balaban J connectivity index is 1.45. The quantitative estimate of drug-likeness (QED) is 0.335. The van der Waals surface area contributed by atoms with E-state index in [2.05, 4.69) is 10.4 Å². The standard InChI is InChI=1S/C25H20ClN3O2S2/c1-32-21-10-2-17(3-11-21)16-27-25(31)18-4-8-20(9-5-18)29-24(30)15-14-23(28-29)33-22-12-6-19(26)7-13-22/h2-15H,16H2,1H3,(H,27,31). The highest BCUT2D eigenvalue weighted by Crippen LogP contribution is 2.26. The number of hydrogen-bond acceptors (Lipinski definition) is 5. The predicted molar refractivity (Wildman–Crippen MR) is 135 cm³/mol. The van der Waals surface area contributed by atoms with Crippen LogP contribution in [0, 0.1) is 0 Å². The van der Waals surface area contributed by atoms with Crippen LogP contribution in [0.5, 0.6) is 0 Å². The van der Waals surface area contributed by atoms with Gasteiger partial charge in [0.1, 0.15) is 5.03 Å². The first-order valence-corrected chi connectivity index (χ1v) is 12.5. The molecule has 0 aliphatic heterocycles. The van der Waals surface area contributed by atoms with Gasteiger partial charge in [-0.15, -0.1) is 11.8 Å². The molecule has 1 N–H and O–H groups in total. The van der Waals surface area contributed by atoms with Crippen LogP contribution in [0.1, 0.15) is 15.9 Å². The molecule has 3 aromatic carbocycles. The molecule has 8 heteroatoms. The van der Waals surface area contributed by atoms with Gasteiger partial charge in [-0.3, -0.25) is 9.59 Å². The van der Waals surface area contributed by atoms with E-state index in [0.29, 0.717) is 27.8 Å². The van der Waals surface area contributed by atoms with Crippen molar-refractivity contribution in [2.75, 3.05) is 6.26 Å². The van der Waals surface area contributed by atoms with Crippen molar-refractivity contribution in [3.63, 3.8) is 0 Å². The van der Waals surface area contributed by atoms with Gasteiger partial charge < -0.3 is 5.32 Å². The first-order chi connectivity index (χ1) is 16.0. The molecule has 0 atom stereocenters. The number of amides is 1. The molecule has 4 rings (SSSR count). The lowest BCUT2D eigenvalue weighted by Gasteiger charge is -2.09. The fourth-order valence-corrected chi connectivity index (χ4v) is 4.35. The highest BCUT2D eigenvalue weighted by Gasteiger charge is 2.09. The maximum atomic E-state index is 12.5. The largest absolute Gasteiger partial charge is 0.348 e. The lowest BCUT2D eigenvalue weighted by atomic mass is 10.1. The monoisotopic (exact) mass is 493 g/mol. The van der Waals surface area contributed by atoms with Crippen LogP contribution in [0.25, 0.3) is 5.69 Å². The first kappa shape index (κ1) is 23.2. The zero-order valence-corrected chi connectivity index (χ0v) is 20.1. The minimum absolute atomic E-state index is 0.178. The van der Waals surface area contributed by atoms with E-state index in [1.54, 1.807) is 42.1 Å². The highest BCUT2D eigenvalue weighted by molar-refractivity contribution is 7.99. The van der Waals surface area contributed by atoms with E-state index < -0.39 is 0 Å². The number of halogens is 1. The Labute approximate surface area is 205 Å². The molecule has 0 fully saturated rings. The summed E-state index contributed by atoms with van der Waals surface area (Å²) in [6.07, 6.45) is 2.03. The van der Waals surface area contributed by atoms with Crippen molar-refractivity contribution < 1.29 is 4.79 Å². The van der Waals surface area contributed by atoms with Gasteiger partial charge in [0.05, 0.1) is 5.69 Å². The van der Waals surface area contributed by atoms with E-state index in [0.717, 1.165) is 10.5 Å². The van der Waals surface area contributed by atoms with E-state index in [9.17, 15) is 9.59 Å². The second-order valence-corrected chi connectivity index (χ2v) is 9.47. The molecule has 0 aliphatic carbocycles. The van der Waals surface area contributed by atoms with Gasteiger partial charge in [-0.05, 0) is 78.5 Å². The summed E-state index contributed by atoms with van der Waals surface area (Å²) < 4.78 is 1.33. The van der Waals surface area contributed by atoms with Crippen molar-refractivity contribution in [1.29, 1.82) is 0 Å². The molecule has 0 unspecified atom stereocenters. The molecule has 1 heterocycles. The normalized spacial score (nSPS) is 10.7. The molecule has 33 heavy (non-hydrogen) atoms. The second kappa shape index (κ2) is 10.7. The molecular weight excluding hydrogens is 474 g/mol. The van der Waals surface area contributed by atoms with Crippen molar-refractivity contribution >= 4 is 41.0 Å². The molecule has 0 saturated heterocycles. The van der Waals surface area contributed by atoms with Gasteiger partial charge in [-0.25, -0.2) is 0 Å². The smallest absolute Gasteiger partial charge is 0.271 e. The number of benzene rings is 3. The highest BCUT2D eigenvalue weighted by atomic mass is 35.5. The van der Waals surface area contributed by atoms with Crippen LogP contribution in [0.3, 0.4) is 0 Å². The van der Waals surface area contributed by atoms with E-state index in [1.165, 1.54) is 27.4 Å². The molecular formula is C25H20ClN3O2S2. The fraction of sp³-hybridized carbons (Fsp3) is 0.0800. The van der Waals surface area contributed by atoms with Crippen molar-refractivity contribution in [1.82, 2.24) is 15.1 Å². The summed E-state index contributed by atoms with van der Waals surface area (Å²) >= 11 is 9.05. The van der Waals surface area contributed by atoms with Crippen molar-refractivity contribution in [2.24, 2.45) is 0 Å². The predicted octanol–water partition coefficient (Wildman–Crippen LogP) is 5.69. The molecule has 0 bridgehead atoms. The van der Waals surface area contributed by atoms with Crippen LogP contribution in [0.2, 0.25) is 5.02 Å². The maximum Gasteiger partial charge on any atom is 0.271 e. The van der Waals surface area contributed by atoms with Gasteiger partial charge in [0.15, 0.2) is 0 Å². The van der Waals surface area contributed by atoms with Gasteiger partial charge in [-0.1, -0.05) is 35.5 Å². The number of hydrogen-bond donors (Lipinski definition) is 1. The van der Waals surface area contributed by atoms with Gasteiger partial charge >= 0.3 is 0 Å². The van der Waals surface area contributed by atoms with Crippen LogP contribution in [0.4, 0.5) is 0 Å². The Morgan fingerprint density at radius 2 is 1.58 bits per heavy atom. The van der Waals surface area contributed by atoms with Crippen molar-refractivity contribution in [2.45, 2.75) is 21.4 Å². The Morgan fingerprint density at radius 3 is 2.24 bits per heavy atom. The average molecular weight is 494 g/mol. The van der Waals surface area contributed by atoms with E-state index in [-0.39, 0.29) is 11.5 Å². The Bertz CT molecular complexity index is 1310. The van der Waals surface area contributed by atoms with Gasteiger partial charge in [0.25, 0.3) is 11.5 Å². The summed E-state index contributed by atoms with van der Waals surface area (Å²) in [5.41, 5.74) is 1.88. The van der Waals surface area contributed by atoms with E-state index in [1.807, 2.05) is 54.8 Å². The van der Waals surface area contributed by atoms with Crippen LogP contribution >= 0.6 is 35.1 Å². The Hall–Kier alpha value is -3.00. The first-order valence-electron chi connectivity index (χ1n) is 10.1. The van der Waals surface area contributed by atoms with Crippen LogP contribution in [0.15, 0.2) is 105 Å². The average Bonchev–Trinajstić information content (AvgIpc) is 2.85. The molecule has 1 aromatic heterocycles. The summed E-state index contributed by atoms with van der Waals surface area (Å²) in [6.45, 7) is 0.445. The summed E-state index contributed by atoms with van der Waals surface area (Å²) in [7, 11) is 0. The lowest BCUT2D eigenvalue weighted by Crippen LogP contribution is -2.23. The SMILES string of the molecule is CSc1ccc(CNC(=O)c2ccc(-n3nc(Sc4ccc(Cl)cc4)ccc3=O)cc2)cc1. The van der Waals surface area contributed by atoms with E-state index >= 15 is 0 Å². The van der Waals surface area contributed by atoms with Crippen LogP contribution in [-0.4, -0.2) is 21.9 Å². The van der Waals surface area contributed by atoms with Gasteiger partial charge in [0, 0.05) is 33.0 Å². The molecule has 0 radical (unpaired) electrons. The third-order valence-electron chi connectivity index (χ3n) is 4.80. The second-order valence-electron chi connectivity index (χ2n) is 7.06. The van der Waals surface area contributed by atoms with Crippen LogP contribution < -0.4 is 10.9 Å². The zero-order chi connectivity index (χ0) is 23.2. The molecule has 5 nitrogen and oxygen atoms in total. The van der Waals surface area contributed by atoms with Gasteiger partial charge in [0.2, 0.25) is 0 Å². The Morgan fingerprint density at radius 1 is 0.909 bits per heavy atom. The maximum absolute atomic E-state index is 12.5. The lowest BCUT2D eigenvalue weighted by molar-refractivity contribution is 0.0951. The minimum atomic E-state index is -0.249. The van der Waals surface area contributed by atoms with Crippen molar-refractivity contribution in [3.8, 4) is 5.69 Å². The fourth-order valence-electron chi connectivity index (χ4n) is 3.04. The third-order valence-corrected chi connectivity index (χ3v) is 6.73. The molecule has 166 valence electrons. The molecule has 0 aliphatic rings. The minimum Gasteiger partial charge on any atom is -0.348 e. The topological polar surface area (TPSA) is 64.0 Å². The number of aromatic nitrogens is 2. The van der Waals surface area contributed by atoms with Crippen LogP contribution in [-0.2, 0) is 6.54 Å². The zero-order valence-electron chi connectivity index (χ0n) is 17.7. The van der Waals surface area contributed by atoms with E-state index in [4.69, 9.17) is 11.6 Å². The summed E-state index contributed by atoms with van der Waals surface area (Å²) in [5.74, 6) is -0.178. The number of nitrogens with one attached hydrogen (secondary N) is 1. The summed E-state index contributed by atoms with van der Waals surface area (Å²) in [6, 6.07) is 25.5. The molecule has 0 spiro atoms. The third kappa shape index (κ3) is 6.07. The number of thioether (sulfide) groups is 1. The number of carbonyl (C=O) groups excluding carboxylic acids is 1. The number of nitrogens with zero attached hydrogens (tertiary/aromatic N) is 2. The molecule has 4 aromatic rings. The number of rotatable bonds is 7. The Kier molecular flexibility index (Phi) is 7.54.